The van der Waals surface area contributed by atoms with E-state index in [2.05, 4.69) is 177 Å². The standard InChI is InChI=1S/C43H32/c1-30(2)42-37-17-9-11-19-39(37)43(40-20-12-10-18-38(40)42)36-27-25-33(26-28-36)32-23-21-31(22-24-32)29-41(34-13-5-3-6-14-34)35-15-7-4-8-16-35/h3-29H,1H2,2H3. The quantitative estimate of drug-likeness (QED) is 0.143. The van der Waals surface area contributed by atoms with Crippen LogP contribution in [0.25, 0.3) is 61.0 Å². The summed E-state index contributed by atoms with van der Waals surface area (Å²) < 4.78 is 0. The van der Waals surface area contributed by atoms with Crippen molar-refractivity contribution in [3.8, 4) is 22.3 Å². The number of allylic oxidation sites excluding steroid dienone is 1. The van der Waals surface area contributed by atoms with Gasteiger partial charge in [-0.25, -0.2) is 0 Å². The molecule has 7 aromatic carbocycles. The van der Waals surface area contributed by atoms with Crippen molar-refractivity contribution in [1.29, 1.82) is 0 Å². The molecule has 0 amide bonds. The maximum atomic E-state index is 4.32. The summed E-state index contributed by atoms with van der Waals surface area (Å²) in [7, 11) is 0. The molecule has 0 aromatic heterocycles. The summed E-state index contributed by atoms with van der Waals surface area (Å²) in [6.45, 7) is 6.43. The van der Waals surface area contributed by atoms with Crippen LogP contribution in [0.15, 0.2) is 164 Å². The van der Waals surface area contributed by atoms with Gasteiger partial charge < -0.3 is 0 Å². The van der Waals surface area contributed by atoms with Crippen LogP contribution in [0.5, 0.6) is 0 Å². The highest BCUT2D eigenvalue weighted by atomic mass is 14.2. The molecule has 0 saturated heterocycles. The van der Waals surface area contributed by atoms with E-state index in [9.17, 15) is 0 Å². The molecular weight excluding hydrogens is 516 g/mol. The third-order valence-electron chi connectivity index (χ3n) is 8.26. The second-order valence-corrected chi connectivity index (χ2v) is 11.1. The molecule has 0 aliphatic carbocycles. The van der Waals surface area contributed by atoms with Gasteiger partial charge >= 0.3 is 0 Å². The second-order valence-electron chi connectivity index (χ2n) is 11.1. The van der Waals surface area contributed by atoms with Crippen molar-refractivity contribution in [3.05, 3.63) is 187 Å². The molecule has 43 heavy (non-hydrogen) atoms. The number of fused-ring (bicyclic) bond motifs is 2. The van der Waals surface area contributed by atoms with E-state index in [0.717, 1.165) is 5.57 Å². The number of rotatable bonds is 6. The Hall–Kier alpha value is -5.46. The molecule has 7 rings (SSSR count). The van der Waals surface area contributed by atoms with E-state index >= 15 is 0 Å². The largest absolute Gasteiger partial charge is 0.0955 e. The predicted octanol–water partition coefficient (Wildman–Crippen LogP) is 11.9. The first-order valence-electron chi connectivity index (χ1n) is 14.8. The molecule has 0 heteroatoms. The Morgan fingerprint density at radius 3 is 1.30 bits per heavy atom. The van der Waals surface area contributed by atoms with Crippen LogP contribution in [0, 0.1) is 0 Å². The minimum absolute atomic E-state index is 1.09. The van der Waals surface area contributed by atoms with E-state index in [1.54, 1.807) is 0 Å². The fourth-order valence-electron chi connectivity index (χ4n) is 6.24. The monoisotopic (exact) mass is 548 g/mol. The minimum atomic E-state index is 1.09. The molecule has 0 radical (unpaired) electrons. The Balaban J connectivity index is 1.26. The fourth-order valence-corrected chi connectivity index (χ4v) is 6.24. The highest BCUT2D eigenvalue weighted by molar-refractivity contribution is 6.18. The number of benzene rings is 7. The van der Waals surface area contributed by atoms with Gasteiger partial charge in [-0.3, -0.25) is 0 Å². The highest BCUT2D eigenvalue weighted by Crippen LogP contribution is 2.41. The molecule has 7 aromatic rings. The van der Waals surface area contributed by atoms with Crippen LogP contribution >= 0.6 is 0 Å². The van der Waals surface area contributed by atoms with E-state index in [1.807, 2.05) is 0 Å². The van der Waals surface area contributed by atoms with Crippen LogP contribution in [0.2, 0.25) is 0 Å². The lowest BCUT2D eigenvalue weighted by molar-refractivity contribution is 1.55. The molecule has 0 N–H and O–H groups in total. The zero-order valence-electron chi connectivity index (χ0n) is 24.3. The normalized spacial score (nSPS) is 11.0. The Kier molecular flexibility index (Phi) is 7.03. The first kappa shape index (κ1) is 26.4. The topological polar surface area (TPSA) is 0 Å². The molecule has 0 fully saturated rings. The average Bonchev–Trinajstić information content (AvgIpc) is 3.07. The minimum Gasteiger partial charge on any atom is -0.0955 e. The SMILES string of the molecule is C=C(C)c1c2ccccc2c(-c2ccc(-c3ccc(C=C(c4ccccc4)c4ccccc4)cc3)cc2)c2ccccc12. The smallest absolute Gasteiger partial charge is 0.00264 e. The van der Waals surface area contributed by atoms with Crippen LogP contribution in [-0.4, -0.2) is 0 Å². The Morgan fingerprint density at radius 1 is 0.442 bits per heavy atom. The third kappa shape index (κ3) is 5.09. The number of hydrogen-bond acceptors (Lipinski definition) is 0. The zero-order chi connectivity index (χ0) is 29.2. The van der Waals surface area contributed by atoms with Gasteiger partial charge in [0.05, 0.1) is 0 Å². The van der Waals surface area contributed by atoms with E-state index < -0.39 is 0 Å². The molecule has 0 atom stereocenters. The van der Waals surface area contributed by atoms with Crippen LogP contribution in [-0.2, 0) is 0 Å². The molecule has 0 saturated carbocycles. The Labute approximate surface area is 253 Å². The lowest BCUT2D eigenvalue weighted by atomic mass is 9.86. The molecule has 0 heterocycles. The van der Waals surface area contributed by atoms with Gasteiger partial charge in [0.2, 0.25) is 0 Å². The van der Waals surface area contributed by atoms with Gasteiger partial charge in [-0.15, -0.1) is 0 Å². The van der Waals surface area contributed by atoms with Crippen molar-refractivity contribution in [1.82, 2.24) is 0 Å². The van der Waals surface area contributed by atoms with Crippen LogP contribution in [0.3, 0.4) is 0 Å². The summed E-state index contributed by atoms with van der Waals surface area (Å²) >= 11 is 0. The van der Waals surface area contributed by atoms with E-state index in [0.29, 0.717) is 0 Å². The van der Waals surface area contributed by atoms with Crippen molar-refractivity contribution in [3.63, 3.8) is 0 Å². The maximum absolute atomic E-state index is 4.32. The van der Waals surface area contributed by atoms with Crippen molar-refractivity contribution in [2.24, 2.45) is 0 Å². The van der Waals surface area contributed by atoms with Crippen molar-refractivity contribution >= 4 is 38.8 Å². The second kappa shape index (κ2) is 11.4. The summed E-state index contributed by atoms with van der Waals surface area (Å²) in [5, 5.41) is 5.02. The molecule has 0 nitrogen and oxygen atoms in total. The Morgan fingerprint density at radius 2 is 0.837 bits per heavy atom. The van der Waals surface area contributed by atoms with Crippen molar-refractivity contribution < 1.29 is 0 Å². The van der Waals surface area contributed by atoms with E-state index in [4.69, 9.17) is 0 Å². The van der Waals surface area contributed by atoms with Crippen molar-refractivity contribution in [2.45, 2.75) is 6.92 Å². The third-order valence-corrected chi connectivity index (χ3v) is 8.26. The molecule has 0 spiro atoms. The van der Waals surface area contributed by atoms with Gasteiger partial charge in [-0.2, -0.15) is 0 Å². The van der Waals surface area contributed by atoms with Crippen molar-refractivity contribution in [2.75, 3.05) is 0 Å². The first-order chi connectivity index (χ1) is 21.2. The zero-order valence-corrected chi connectivity index (χ0v) is 24.3. The summed E-state index contributed by atoms with van der Waals surface area (Å²) in [4.78, 5) is 0. The molecule has 204 valence electrons. The van der Waals surface area contributed by atoms with Gasteiger partial charge in [0.1, 0.15) is 0 Å². The van der Waals surface area contributed by atoms with Crippen LogP contribution in [0.1, 0.15) is 29.2 Å². The maximum Gasteiger partial charge on any atom is -0.00264 e. The molecule has 0 aliphatic rings. The lowest BCUT2D eigenvalue weighted by Crippen LogP contribution is -1.91. The first-order valence-corrected chi connectivity index (χ1v) is 14.8. The van der Waals surface area contributed by atoms with Gasteiger partial charge in [-0.05, 0) is 90.2 Å². The van der Waals surface area contributed by atoms with E-state index in [-0.39, 0.29) is 0 Å². The molecule has 0 unspecified atom stereocenters. The summed E-state index contributed by atoms with van der Waals surface area (Å²) in [5.41, 5.74) is 12.1. The predicted molar refractivity (Wildman–Crippen MR) is 187 cm³/mol. The fraction of sp³-hybridized carbons (Fsp3) is 0.0233. The molecule has 0 bridgehead atoms. The van der Waals surface area contributed by atoms with E-state index in [1.165, 1.54) is 71.6 Å². The summed E-state index contributed by atoms with van der Waals surface area (Å²) in [6.07, 6.45) is 2.28. The lowest BCUT2D eigenvalue weighted by Gasteiger charge is -2.17. The van der Waals surface area contributed by atoms with Crippen LogP contribution < -0.4 is 0 Å². The highest BCUT2D eigenvalue weighted by Gasteiger charge is 2.15. The Bertz CT molecular complexity index is 2000. The number of hydrogen-bond donors (Lipinski definition) is 0. The van der Waals surface area contributed by atoms with Crippen LogP contribution in [0.4, 0.5) is 0 Å². The van der Waals surface area contributed by atoms with Gasteiger partial charge in [0, 0.05) is 0 Å². The molecule has 0 aliphatic heterocycles. The van der Waals surface area contributed by atoms with Gasteiger partial charge in [-0.1, -0.05) is 164 Å². The summed E-state index contributed by atoms with van der Waals surface area (Å²) in [5.74, 6) is 0. The van der Waals surface area contributed by atoms with Gasteiger partial charge in [0.25, 0.3) is 0 Å². The van der Waals surface area contributed by atoms with Gasteiger partial charge in [0.15, 0.2) is 0 Å². The summed E-state index contributed by atoms with van der Waals surface area (Å²) in [6, 6.07) is 56.5. The molecular formula is C43H32. The average molecular weight is 549 g/mol.